The summed E-state index contributed by atoms with van der Waals surface area (Å²) in [6.45, 7) is 2.68. The first kappa shape index (κ1) is 9.03. The minimum atomic E-state index is 0.598. The van der Waals surface area contributed by atoms with Gasteiger partial charge >= 0.3 is 0 Å². The summed E-state index contributed by atoms with van der Waals surface area (Å²) in [5.41, 5.74) is 9.29. The van der Waals surface area contributed by atoms with Crippen LogP contribution in [0.15, 0.2) is 42.7 Å². The fraction of sp³-hybridized carbons (Fsp3) is 0.167. The average molecular weight is 186 g/mol. The fourth-order valence-corrected chi connectivity index (χ4v) is 1.55. The Labute approximate surface area is 84.0 Å². The molecule has 2 heteroatoms. The summed E-state index contributed by atoms with van der Waals surface area (Å²) in [6.07, 6.45) is 4.07. The third-order valence-electron chi connectivity index (χ3n) is 2.46. The zero-order chi connectivity index (χ0) is 9.97. The lowest BCUT2D eigenvalue weighted by Gasteiger charge is -2.07. The predicted molar refractivity (Wildman–Crippen MR) is 58.4 cm³/mol. The molecule has 72 valence electrons. The number of aryl methyl sites for hydroxylation is 1. The highest BCUT2D eigenvalue weighted by atomic mass is 14.9. The Bertz CT molecular complexity index is 416. The molecule has 0 unspecified atom stereocenters. The van der Waals surface area contributed by atoms with E-state index in [9.17, 15) is 0 Å². The van der Waals surface area contributed by atoms with E-state index in [2.05, 4.69) is 29.7 Å². The Kier molecular flexibility index (Phi) is 2.37. The van der Waals surface area contributed by atoms with E-state index in [0.717, 1.165) is 0 Å². The molecule has 0 saturated carbocycles. The summed E-state index contributed by atoms with van der Waals surface area (Å²) >= 11 is 0. The molecule has 14 heavy (non-hydrogen) atoms. The molecule has 0 spiro atoms. The molecular weight excluding hydrogens is 172 g/mol. The monoisotopic (exact) mass is 186 g/mol. The van der Waals surface area contributed by atoms with Crippen molar-refractivity contribution >= 4 is 0 Å². The second-order valence-electron chi connectivity index (χ2n) is 3.41. The van der Waals surface area contributed by atoms with Crippen molar-refractivity contribution in [3.8, 4) is 5.69 Å². The Morgan fingerprint density at radius 2 is 1.93 bits per heavy atom. The Balaban J connectivity index is 2.46. The summed E-state index contributed by atoms with van der Waals surface area (Å²) in [5, 5.41) is 0. The number of hydrogen-bond donors (Lipinski definition) is 1. The largest absolute Gasteiger partial charge is 0.326 e. The van der Waals surface area contributed by atoms with Crippen LogP contribution in [0.3, 0.4) is 0 Å². The SMILES string of the molecule is Cc1ccc(-n2cccc2)cc1CN. The maximum atomic E-state index is 5.66. The molecule has 0 fully saturated rings. The van der Waals surface area contributed by atoms with Crippen LogP contribution in [0.25, 0.3) is 5.69 Å². The lowest BCUT2D eigenvalue weighted by Crippen LogP contribution is -2.01. The lowest BCUT2D eigenvalue weighted by molar-refractivity contribution is 1.02. The van der Waals surface area contributed by atoms with E-state index in [1.54, 1.807) is 0 Å². The van der Waals surface area contributed by atoms with E-state index < -0.39 is 0 Å². The number of aromatic nitrogens is 1. The molecule has 0 atom stereocenters. The number of nitrogens with zero attached hydrogens (tertiary/aromatic N) is 1. The van der Waals surface area contributed by atoms with Gasteiger partial charge in [-0.2, -0.15) is 0 Å². The summed E-state index contributed by atoms with van der Waals surface area (Å²) in [7, 11) is 0. The summed E-state index contributed by atoms with van der Waals surface area (Å²) < 4.78 is 2.08. The summed E-state index contributed by atoms with van der Waals surface area (Å²) in [4.78, 5) is 0. The maximum Gasteiger partial charge on any atom is 0.0452 e. The van der Waals surface area contributed by atoms with E-state index in [1.165, 1.54) is 16.8 Å². The second kappa shape index (κ2) is 3.68. The summed E-state index contributed by atoms with van der Waals surface area (Å²) in [6, 6.07) is 10.4. The molecule has 1 aromatic carbocycles. The van der Waals surface area contributed by atoms with Gasteiger partial charge in [-0.05, 0) is 42.3 Å². The minimum absolute atomic E-state index is 0.598. The Morgan fingerprint density at radius 1 is 1.21 bits per heavy atom. The molecule has 0 aliphatic heterocycles. The van der Waals surface area contributed by atoms with Crippen LogP contribution in [0.4, 0.5) is 0 Å². The van der Waals surface area contributed by atoms with Gasteiger partial charge in [-0.15, -0.1) is 0 Å². The molecular formula is C12H14N2. The van der Waals surface area contributed by atoms with Crippen molar-refractivity contribution in [2.75, 3.05) is 0 Å². The molecule has 0 aliphatic carbocycles. The average Bonchev–Trinajstić information content (AvgIpc) is 2.71. The van der Waals surface area contributed by atoms with Crippen molar-refractivity contribution in [3.05, 3.63) is 53.9 Å². The highest BCUT2D eigenvalue weighted by Crippen LogP contribution is 2.14. The van der Waals surface area contributed by atoms with Crippen molar-refractivity contribution in [1.82, 2.24) is 4.57 Å². The zero-order valence-corrected chi connectivity index (χ0v) is 8.27. The molecule has 0 saturated heterocycles. The van der Waals surface area contributed by atoms with Gasteiger partial charge in [-0.1, -0.05) is 6.07 Å². The first-order valence-electron chi connectivity index (χ1n) is 4.74. The topological polar surface area (TPSA) is 30.9 Å². The van der Waals surface area contributed by atoms with E-state index in [1.807, 2.05) is 24.5 Å². The molecule has 2 aromatic rings. The van der Waals surface area contributed by atoms with Crippen molar-refractivity contribution in [3.63, 3.8) is 0 Å². The molecule has 0 aliphatic rings. The van der Waals surface area contributed by atoms with Crippen molar-refractivity contribution in [2.24, 2.45) is 5.73 Å². The Morgan fingerprint density at radius 3 is 2.57 bits per heavy atom. The smallest absolute Gasteiger partial charge is 0.0452 e. The molecule has 2 nitrogen and oxygen atoms in total. The van der Waals surface area contributed by atoms with Crippen LogP contribution in [0.2, 0.25) is 0 Å². The van der Waals surface area contributed by atoms with Crippen molar-refractivity contribution in [1.29, 1.82) is 0 Å². The van der Waals surface area contributed by atoms with Crippen molar-refractivity contribution < 1.29 is 0 Å². The zero-order valence-electron chi connectivity index (χ0n) is 8.27. The number of benzene rings is 1. The van der Waals surface area contributed by atoms with Crippen LogP contribution in [-0.2, 0) is 6.54 Å². The number of nitrogens with two attached hydrogens (primary N) is 1. The molecule has 2 N–H and O–H groups in total. The standard InChI is InChI=1S/C12H14N2/c1-10-4-5-12(8-11(10)9-13)14-6-2-3-7-14/h2-8H,9,13H2,1H3. The minimum Gasteiger partial charge on any atom is -0.326 e. The molecule has 2 rings (SSSR count). The van der Waals surface area contributed by atoms with Gasteiger partial charge in [0.25, 0.3) is 0 Å². The van der Waals surface area contributed by atoms with E-state index in [0.29, 0.717) is 6.54 Å². The van der Waals surface area contributed by atoms with Crippen LogP contribution in [0.1, 0.15) is 11.1 Å². The van der Waals surface area contributed by atoms with Crippen LogP contribution < -0.4 is 5.73 Å². The normalized spacial score (nSPS) is 10.4. The molecule has 0 radical (unpaired) electrons. The predicted octanol–water partition coefficient (Wildman–Crippen LogP) is 2.24. The van der Waals surface area contributed by atoms with Gasteiger partial charge < -0.3 is 10.3 Å². The molecule has 0 amide bonds. The number of hydrogen-bond acceptors (Lipinski definition) is 1. The second-order valence-corrected chi connectivity index (χ2v) is 3.41. The third kappa shape index (κ3) is 1.56. The summed E-state index contributed by atoms with van der Waals surface area (Å²) in [5.74, 6) is 0. The van der Waals surface area contributed by atoms with Gasteiger partial charge in [0.05, 0.1) is 0 Å². The highest BCUT2D eigenvalue weighted by molar-refractivity contribution is 5.40. The van der Waals surface area contributed by atoms with Gasteiger partial charge in [-0.25, -0.2) is 0 Å². The van der Waals surface area contributed by atoms with Crippen LogP contribution in [0, 0.1) is 6.92 Å². The maximum absolute atomic E-state index is 5.66. The van der Waals surface area contributed by atoms with Crippen LogP contribution in [0.5, 0.6) is 0 Å². The van der Waals surface area contributed by atoms with Gasteiger partial charge in [0.1, 0.15) is 0 Å². The number of rotatable bonds is 2. The van der Waals surface area contributed by atoms with Gasteiger partial charge in [-0.3, -0.25) is 0 Å². The van der Waals surface area contributed by atoms with Crippen molar-refractivity contribution in [2.45, 2.75) is 13.5 Å². The first-order valence-corrected chi connectivity index (χ1v) is 4.74. The van der Waals surface area contributed by atoms with E-state index >= 15 is 0 Å². The highest BCUT2D eigenvalue weighted by Gasteiger charge is 1.99. The Hall–Kier alpha value is -1.54. The van der Waals surface area contributed by atoms with Crippen LogP contribution >= 0.6 is 0 Å². The van der Waals surface area contributed by atoms with Crippen LogP contribution in [-0.4, -0.2) is 4.57 Å². The van der Waals surface area contributed by atoms with E-state index in [-0.39, 0.29) is 0 Å². The molecule has 1 heterocycles. The third-order valence-corrected chi connectivity index (χ3v) is 2.46. The fourth-order valence-electron chi connectivity index (χ4n) is 1.55. The van der Waals surface area contributed by atoms with Gasteiger partial charge in [0.2, 0.25) is 0 Å². The lowest BCUT2D eigenvalue weighted by atomic mass is 10.1. The van der Waals surface area contributed by atoms with Gasteiger partial charge in [0, 0.05) is 24.6 Å². The van der Waals surface area contributed by atoms with Gasteiger partial charge in [0.15, 0.2) is 0 Å². The van der Waals surface area contributed by atoms with E-state index in [4.69, 9.17) is 5.73 Å². The molecule has 1 aromatic heterocycles. The quantitative estimate of drug-likeness (QED) is 0.766. The first-order chi connectivity index (χ1) is 6.81. The molecule has 0 bridgehead atoms.